The van der Waals surface area contributed by atoms with Crippen LogP contribution in [0.2, 0.25) is 0 Å². The van der Waals surface area contributed by atoms with E-state index in [-0.39, 0.29) is 17.3 Å². The zero-order valence-electron chi connectivity index (χ0n) is 18.3. The molecule has 1 aliphatic rings. The van der Waals surface area contributed by atoms with Gasteiger partial charge in [0.25, 0.3) is 11.5 Å². The molecule has 3 aromatic carbocycles. The number of ether oxygens (including phenoxy) is 1. The third-order valence-corrected chi connectivity index (χ3v) is 6.69. The maximum atomic E-state index is 13.5. The number of thioether (sulfide) groups is 1. The summed E-state index contributed by atoms with van der Waals surface area (Å²) >= 11 is 1.42. The highest BCUT2D eigenvalue weighted by Gasteiger charge is 2.20. The van der Waals surface area contributed by atoms with Gasteiger partial charge >= 0.3 is 0 Å². The normalized spacial score (nSPS) is 13.9. The Morgan fingerprint density at radius 3 is 2.47 bits per heavy atom. The van der Waals surface area contributed by atoms with Gasteiger partial charge in [-0.3, -0.25) is 14.2 Å². The quantitative estimate of drug-likeness (QED) is 0.318. The fourth-order valence-electron chi connectivity index (χ4n) is 3.88. The molecule has 172 valence electrons. The van der Waals surface area contributed by atoms with E-state index in [0.29, 0.717) is 59.4 Å². The first kappa shape index (κ1) is 22.3. The lowest BCUT2D eigenvalue weighted by molar-refractivity contribution is 0.0303. The van der Waals surface area contributed by atoms with Crippen LogP contribution in [0.4, 0.5) is 4.39 Å². The Balaban J connectivity index is 1.58. The van der Waals surface area contributed by atoms with Crippen molar-refractivity contribution in [3.8, 4) is 5.69 Å². The number of fused-ring (bicyclic) bond motifs is 1. The molecular weight excluding hydrogens is 453 g/mol. The second kappa shape index (κ2) is 9.79. The van der Waals surface area contributed by atoms with E-state index in [4.69, 9.17) is 9.72 Å². The van der Waals surface area contributed by atoms with Crippen molar-refractivity contribution in [3.63, 3.8) is 0 Å². The van der Waals surface area contributed by atoms with Gasteiger partial charge in [0.15, 0.2) is 5.16 Å². The monoisotopic (exact) mass is 475 g/mol. The average molecular weight is 476 g/mol. The number of rotatable bonds is 5. The lowest BCUT2D eigenvalue weighted by Gasteiger charge is -2.26. The number of halogens is 1. The van der Waals surface area contributed by atoms with Crippen LogP contribution in [0.1, 0.15) is 15.9 Å². The summed E-state index contributed by atoms with van der Waals surface area (Å²) in [5.41, 5.74) is 2.30. The van der Waals surface area contributed by atoms with Crippen molar-refractivity contribution in [3.05, 3.63) is 100 Å². The Kier molecular flexibility index (Phi) is 6.42. The number of morpholine rings is 1. The molecule has 0 bridgehead atoms. The molecule has 8 heteroatoms. The molecule has 5 rings (SSSR count). The Morgan fingerprint density at radius 1 is 1.00 bits per heavy atom. The minimum absolute atomic E-state index is 0.104. The molecule has 34 heavy (non-hydrogen) atoms. The summed E-state index contributed by atoms with van der Waals surface area (Å²) in [6.07, 6.45) is 0. The molecule has 0 saturated carbocycles. The summed E-state index contributed by atoms with van der Waals surface area (Å²) in [5.74, 6) is 0.121. The lowest BCUT2D eigenvalue weighted by Crippen LogP contribution is -2.40. The van der Waals surface area contributed by atoms with Gasteiger partial charge in [0, 0.05) is 24.4 Å². The molecule has 1 aliphatic heterocycles. The number of benzene rings is 3. The molecule has 0 atom stereocenters. The predicted octanol–water partition coefficient (Wildman–Crippen LogP) is 4.29. The van der Waals surface area contributed by atoms with Gasteiger partial charge in [0.05, 0.1) is 29.8 Å². The molecule has 1 saturated heterocycles. The average Bonchev–Trinajstić information content (AvgIpc) is 2.88. The van der Waals surface area contributed by atoms with Gasteiger partial charge < -0.3 is 9.64 Å². The number of hydrogen-bond donors (Lipinski definition) is 0. The second-order valence-corrected chi connectivity index (χ2v) is 8.86. The number of carbonyl (C=O) groups excluding carboxylic acids is 1. The molecule has 1 fully saturated rings. The molecule has 0 N–H and O–H groups in total. The topological polar surface area (TPSA) is 64.4 Å². The van der Waals surface area contributed by atoms with Crippen molar-refractivity contribution in [1.82, 2.24) is 14.5 Å². The first-order valence-electron chi connectivity index (χ1n) is 11.0. The highest BCUT2D eigenvalue weighted by Crippen LogP contribution is 2.25. The lowest BCUT2D eigenvalue weighted by atomic mass is 10.1. The van der Waals surface area contributed by atoms with E-state index in [1.165, 1.54) is 28.5 Å². The largest absolute Gasteiger partial charge is 0.378 e. The van der Waals surface area contributed by atoms with Crippen LogP contribution in [-0.4, -0.2) is 46.7 Å². The molecule has 0 spiro atoms. The summed E-state index contributed by atoms with van der Waals surface area (Å²) in [6, 6.07) is 20.6. The standard InChI is InChI=1S/C26H22FN3O3S/c27-20-7-9-21(10-8-20)30-25(32)22-11-6-19(24(31)29-12-14-33-15-13-29)16-23(22)28-26(30)34-17-18-4-2-1-3-5-18/h1-11,16H,12-15,17H2. The van der Waals surface area contributed by atoms with Crippen LogP contribution in [0.25, 0.3) is 16.6 Å². The summed E-state index contributed by atoms with van der Waals surface area (Å²) in [7, 11) is 0. The van der Waals surface area contributed by atoms with Gasteiger partial charge in [0.1, 0.15) is 5.82 Å². The fourth-order valence-corrected chi connectivity index (χ4v) is 4.85. The van der Waals surface area contributed by atoms with Crippen LogP contribution >= 0.6 is 11.8 Å². The third kappa shape index (κ3) is 4.60. The van der Waals surface area contributed by atoms with Gasteiger partial charge in [0.2, 0.25) is 0 Å². The van der Waals surface area contributed by atoms with Crippen molar-refractivity contribution in [2.24, 2.45) is 0 Å². The highest BCUT2D eigenvalue weighted by atomic mass is 32.2. The molecular formula is C26H22FN3O3S. The number of amides is 1. The zero-order chi connectivity index (χ0) is 23.5. The Bertz CT molecular complexity index is 1380. The number of carbonyl (C=O) groups is 1. The second-order valence-electron chi connectivity index (χ2n) is 7.92. The number of aromatic nitrogens is 2. The van der Waals surface area contributed by atoms with Crippen molar-refractivity contribution >= 4 is 28.6 Å². The molecule has 1 amide bonds. The third-order valence-electron chi connectivity index (χ3n) is 5.68. The van der Waals surface area contributed by atoms with E-state index in [9.17, 15) is 14.0 Å². The van der Waals surface area contributed by atoms with Gasteiger partial charge in [-0.15, -0.1) is 0 Å². The fraction of sp³-hybridized carbons (Fsp3) is 0.192. The van der Waals surface area contributed by atoms with Crippen LogP contribution in [-0.2, 0) is 10.5 Å². The minimum atomic E-state index is -0.379. The van der Waals surface area contributed by atoms with Crippen LogP contribution < -0.4 is 5.56 Å². The van der Waals surface area contributed by atoms with E-state index in [1.807, 2.05) is 30.3 Å². The molecule has 0 aliphatic carbocycles. The zero-order valence-corrected chi connectivity index (χ0v) is 19.1. The van der Waals surface area contributed by atoms with Crippen LogP contribution in [0.5, 0.6) is 0 Å². The van der Waals surface area contributed by atoms with E-state index in [0.717, 1.165) is 5.56 Å². The summed E-state index contributed by atoms with van der Waals surface area (Å²) in [5, 5.41) is 0.871. The Labute approximate surface area is 200 Å². The Hall–Kier alpha value is -3.49. The van der Waals surface area contributed by atoms with Crippen LogP contribution in [0.15, 0.2) is 82.7 Å². The summed E-state index contributed by atoms with van der Waals surface area (Å²) in [6.45, 7) is 2.10. The molecule has 4 aromatic rings. The SMILES string of the molecule is O=C(c1ccc2c(=O)n(-c3ccc(F)cc3)c(SCc3ccccc3)nc2c1)N1CCOCC1. The van der Waals surface area contributed by atoms with E-state index in [2.05, 4.69) is 0 Å². The van der Waals surface area contributed by atoms with E-state index >= 15 is 0 Å². The summed E-state index contributed by atoms with van der Waals surface area (Å²) < 4.78 is 20.4. The van der Waals surface area contributed by atoms with Crippen molar-refractivity contribution in [2.75, 3.05) is 26.3 Å². The van der Waals surface area contributed by atoms with Gasteiger partial charge in [-0.05, 0) is 48.0 Å². The molecule has 1 aromatic heterocycles. The maximum Gasteiger partial charge on any atom is 0.266 e. The van der Waals surface area contributed by atoms with Crippen LogP contribution in [0, 0.1) is 5.82 Å². The smallest absolute Gasteiger partial charge is 0.266 e. The van der Waals surface area contributed by atoms with E-state index in [1.54, 1.807) is 35.2 Å². The predicted molar refractivity (Wildman–Crippen MR) is 130 cm³/mol. The Morgan fingerprint density at radius 2 is 1.74 bits per heavy atom. The van der Waals surface area contributed by atoms with Crippen molar-refractivity contribution in [2.45, 2.75) is 10.9 Å². The first-order valence-corrected chi connectivity index (χ1v) is 12.0. The van der Waals surface area contributed by atoms with Gasteiger partial charge in [-0.1, -0.05) is 42.1 Å². The first-order chi connectivity index (χ1) is 16.6. The minimum Gasteiger partial charge on any atom is -0.378 e. The molecule has 0 radical (unpaired) electrons. The van der Waals surface area contributed by atoms with Crippen LogP contribution in [0.3, 0.4) is 0 Å². The highest BCUT2D eigenvalue weighted by molar-refractivity contribution is 7.98. The molecule has 6 nitrogen and oxygen atoms in total. The summed E-state index contributed by atoms with van der Waals surface area (Å²) in [4.78, 5) is 33.0. The molecule has 0 unspecified atom stereocenters. The number of nitrogens with zero attached hydrogens (tertiary/aromatic N) is 3. The van der Waals surface area contributed by atoms with Crippen molar-refractivity contribution < 1.29 is 13.9 Å². The van der Waals surface area contributed by atoms with Gasteiger partial charge in [-0.25, -0.2) is 9.37 Å². The maximum absolute atomic E-state index is 13.5. The van der Waals surface area contributed by atoms with E-state index < -0.39 is 0 Å². The number of hydrogen-bond acceptors (Lipinski definition) is 5. The van der Waals surface area contributed by atoms with Gasteiger partial charge in [-0.2, -0.15) is 0 Å². The van der Waals surface area contributed by atoms with Crippen molar-refractivity contribution in [1.29, 1.82) is 0 Å². The molecule has 2 heterocycles.